The first kappa shape index (κ1) is 13.7. The molecule has 2 heteroatoms. The second kappa shape index (κ2) is 5.99. The third-order valence-electron chi connectivity index (χ3n) is 4.19. The summed E-state index contributed by atoms with van der Waals surface area (Å²) in [6.45, 7) is 2.19. The van der Waals surface area contributed by atoms with Crippen molar-refractivity contribution in [2.45, 2.75) is 38.3 Å². The Bertz CT molecular complexity index is 593. The van der Waals surface area contributed by atoms with E-state index in [1.54, 1.807) is 0 Å². The van der Waals surface area contributed by atoms with Crippen molar-refractivity contribution in [3.8, 4) is 0 Å². The minimum atomic E-state index is 0.264. The normalized spacial score (nSPS) is 19.4. The predicted octanol–water partition coefficient (Wildman–Crippen LogP) is 5.07. The lowest BCUT2D eigenvalue weighted by Gasteiger charge is -2.29. The molecule has 0 bridgehead atoms. The van der Waals surface area contributed by atoms with Gasteiger partial charge in [-0.2, -0.15) is 0 Å². The SMILES string of the molecule is CC(NC1CCCc2ccccc21)c1ccccc1Cl. The number of hydrogen-bond donors (Lipinski definition) is 1. The molecule has 2 atom stereocenters. The highest BCUT2D eigenvalue weighted by Crippen LogP contribution is 2.32. The van der Waals surface area contributed by atoms with Crippen LogP contribution >= 0.6 is 11.6 Å². The molecule has 3 rings (SSSR count). The molecule has 0 amide bonds. The second-order valence-electron chi connectivity index (χ2n) is 5.55. The highest BCUT2D eigenvalue weighted by atomic mass is 35.5. The fourth-order valence-electron chi connectivity index (χ4n) is 3.14. The molecule has 0 saturated carbocycles. The third-order valence-corrected chi connectivity index (χ3v) is 4.54. The summed E-state index contributed by atoms with van der Waals surface area (Å²) in [5, 5.41) is 4.59. The van der Waals surface area contributed by atoms with Crippen LogP contribution in [-0.4, -0.2) is 0 Å². The van der Waals surface area contributed by atoms with Crippen molar-refractivity contribution in [2.75, 3.05) is 0 Å². The van der Waals surface area contributed by atoms with Gasteiger partial charge < -0.3 is 5.32 Å². The molecule has 104 valence electrons. The summed E-state index contributed by atoms with van der Waals surface area (Å²) in [7, 11) is 0. The van der Waals surface area contributed by atoms with E-state index in [-0.39, 0.29) is 6.04 Å². The number of rotatable bonds is 3. The Kier molecular flexibility index (Phi) is 4.09. The third kappa shape index (κ3) is 2.74. The first-order chi connectivity index (χ1) is 9.75. The Morgan fingerprint density at radius 1 is 1.10 bits per heavy atom. The molecule has 1 aliphatic carbocycles. The molecule has 0 heterocycles. The summed E-state index contributed by atoms with van der Waals surface area (Å²) in [4.78, 5) is 0. The van der Waals surface area contributed by atoms with Crippen molar-refractivity contribution in [2.24, 2.45) is 0 Å². The molecule has 0 radical (unpaired) electrons. The summed E-state index contributed by atoms with van der Waals surface area (Å²) in [6, 6.07) is 17.6. The Morgan fingerprint density at radius 3 is 2.70 bits per heavy atom. The number of aryl methyl sites for hydroxylation is 1. The number of benzene rings is 2. The maximum Gasteiger partial charge on any atom is 0.0453 e. The molecule has 0 fully saturated rings. The van der Waals surface area contributed by atoms with Crippen molar-refractivity contribution >= 4 is 11.6 Å². The standard InChI is InChI=1S/C18H20ClN/c1-13(15-9-4-5-11-17(15)19)20-18-12-6-8-14-7-2-3-10-16(14)18/h2-5,7,9-11,13,18,20H,6,8,12H2,1H3. The molecule has 0 spiro atoms. The molecule has 0 saturated heterocycles. The van der Waals surface area contributed by atoms with Crippen molar-refractivity contribution in [3.63, 3.8) is 0 Å². The molecule has 1 nitrogen and oxygen atoms in total. The number of halogens is 1. The van der Waals surface area contributed by atoms with Crippen LogP contribution in [0.2, 0.25) is 5.02 Å². The van der Waals surface area contributed by atoms with Crippen LogP contribution in [0.5, 0.6) is 0 Å². The van der Waals surface area contributed by atoms with Gasteiger partial charge in [0.1, 0.15) is 0 Å². The lowest BCUT2D eigenvalue weighted by atomic mass is 9.87. The van der Waals surface area contributed by atoms with Crippen LogP contribution in [0.3, 0.4) is 0 Å². The van der Waals surface area contributed by atoms with Gasteiger partial charge in [-0.1, -0.05) is 54.1 Å². The first-order valence-corrected chi connectivity index (χ1v) is 7.72. The van der Waals surface area contributed by atoms with E-state index in [9.17, 15) is 0 Å². The largest absolute Gasteiger partial charge is 0.303 e. The molecule has 20 heavy (non-hydrogen) atoms. The lowest BCUT2D eigenvalue weighted by Crippen LogP contribution is -2.27. The molecule has 1 N–H and O–H groups in total. The highest BCUT2D eigenvalue weighted by molar-refractivity contribution is 6.31. The lowest BCUT2D eigenvalue weighted by molar-refractivity contribution is 0.415. The van der Waals surface area contributed by atoms with Crippen molar-refractivity contribution in [3.05, 3.63) is 70.2 Å². The van der Waals surface area contributed by atoms with E-state index in [1.165, 1.54) is 36.0 Å². The summed E-state index contributed by atoms with van der Waals surface area (Å²) in [5.41, 5.74) is 4.12. The zero-order chi connectivity index (χ0) is 13.9. The monoisotopic (exact) mass is 285 g/mol. The van der Waals surface area contributed by atoms with Crippen LogP contribution in [0.1, 0.15) is 48.5 Å². The van der Waals surface area contributed by atoms with Gasteiger partial charge in [-0.05, 0) is 48.9 Å². The van der Waals surface area contributed by atoms with Crippen LogP contribution in [0.25, 0.3) is 0 Å². The Morgan fingerprint density at radius 2 is 1.85 bits per heavy atom. The summed E-state index contributed by atoms with van der Waals surface area (Å²) >= 11 is 6.30. The van der Waals surface area contributed by atoms with E-state index in [0.717, 1.165) is 5.02 Å². The van der Waals surface area contributed by atoms with E-state index in [2.05, 4.69) is 42.6 Å². The fourth-order valence-corrected chi connectivity index (χ4v) is 3.44. The van der Waals surface area contributed by atoms with Crippen LogP contribution < -0.4 is 5.32 Å². The van der Waals surface area contributed by atoms with Crippen molar-refractivity contribution in [1.82, 2.24) is 5.32 Å². The second-order valence-corrected chi connectivity index (χ2v) is 5.96. The molecule has 2 aromatic rings. The summed E-state index contributed by atoms with van der Waals surface area (Å²) < 4.78 is 0. The average Bonchev–Trinajstić information content (AvgIpc) is 2.48. The fraction of sp³-hybridized carbons (Fsp3) is 0.333. The van der Waals surface area contributed by atoms with Crippen LogP contribution in [0, 0.1) is 0 Å². The number of hydrogen-bond acceptors (Lipinski definition) is 1. The predicted molar refractivity (Wildman–Crippen MR) is 85.1 cm³/mol. The molecular formula is C18H20ClN. The van der Waals surface area contributed by atoms with Gasteiger partial charge in [0, 0.05) is 17.1 Å². The van der Waals surface area contributed by atoms with E-state index < -0.39 is 0 Å². The van der Waals surface area contributed by atoms with E-state index in [4.69, 9.17) is 11.6 Å². The molecule has 2 unspecified atom stereocenters. The average molecular weight is 286 g/mol. The zero-order valence-electron chi connectivity index (χ0n) is 11.8. The maximum atomic E-state index is 6.30. The molecule has 2 aromatic carbocycles. The number of fused-ring (bicyclic) bond motifs is 1. The highest BCUT2D eigenvalue weighted by Gasteiger charge is 2.22. The molecule has 0 aliphatic heterocycles. The van der Waals surface area contributed by atoms with Crippen LogP contribution in [0.15, 0.2) is 48.5 Å². The van der Waals surface area contributed by atoms with E-state index >= 15 is 0 Å². The zero-order valence-corrected chi connectivity index (χ0v) is 12.5. The van der Waals surface area contributed by atoms with E-state index in [0.29, 0.717) is 6.04 Å². The van der Waals surface area contributed by atoms with Gasteiger partial charge in [-0.25, -0.2) is 0 Å². The first-order valence-electron chi connectivity index (χ1n) is 7.34. The van der Waals surface area contributed by atoms with Gasteiger partial charge in [0.15, 0.2) is 0 Å². The summed E-state index contributed by atoms with van der Waals surface area (Å²) in [6.07, 6.45) is 3.66. The van der Waals surface area contributed by atoms with E-state index in [1.807, 2.05) is 18.2 Å². The maximum absolute atomic E-state index is 6.30. The Hall–Kier alpha value is -1.31. The van der Waals surface area contributed by atoms with Gasteiger partial charge in [0.25, 0.3) is 0 Å². The van der Waals surface area contributed by atoms with Gasteiger partial charge in [-0.3, -0.25) is 0 Å². The Balaban J connectivity index is 1.81. The van der Waals surface area contributed by atoms with Crippen molar-refractivity contribution < 1.29 is 0 Å². The van der Waals surface area contributed by atoms with Gasteiger partial charge in [0.05, 0.1) is 0 Å². The smallest absolute Gasteiger partial charge is 0.0453 e. The van der Waals surface area contributed by atoms with Crippen LogP contribution in [0.4, 0.5) is 0 Å². The molecule has 0 aromatic heterocycles. The topological polar surface area (TPSA) is 12.0 Å². The minimum Gasteiger partial charge on any atom is -0.303 e. The Labute approximate surface area is 126 Å². The summed E-state index contributed by atoms with van der Waals surface area (Å²) in [5.74, 6) is 0. The quantitative estimate of drug-likeness (QED) is 0.830. The van der Waals surface area contributed by atoms with Gasteiger partial charge >= 0.3 is 0 Å². The van der Waals surface area contributed by atoms with Crippen LogP contribution in [-0.2, 0) is 6.42 Å². The molecule has 1 aliphatic rings. The van der Waals surface area contributed by atoms with Gasteiger partial charge in [-0.15, -0.1) is 0 Å². The molecular weight excluding hydrogens is 266 g/mol. The minimum absolute atomic E-state index is 0.264. The van der Waals surface area contributed by atoms with Gasteiger partial charge in [0.2, 0.25) is 0 Å². The number of nitrogens with one attached hydrogen (secondary N) is 1. The van der Waals surface area contributed by atoms with Crippen molar-refractivity contribution in [1.29, 1.82) is 0 Å².